The Kier molecular flexibility index (Phi) is 3.58. The van der Waals surface area contributed by atoms with Crippen LogP contribution in [0.2, 0.25) is 0 Å². The Labute approximate surface area is 75.8 Å². The molecule has 1 aliphatic rings. The Hall–Kier alpha value is -0.520. The van der Waals surface area contributed by atoms with E-state index < -0.39 is 0 Å². The van der Waals surface area contributed by atoms with Crippen LogP contribution in [-0.2, 0) is 0 Å². The Bertz CT molecular complexity index is 179. The van der Waals surface area contributed by atoms with Crippen LogP contribution in [0.25, 0.3) is 0 Å². The summed E-state index contributed by atoms with van der Waals surface area (Å²) in [7, 11) is 2.21. The van der Waals surface area contributed by atoms with Crippen LogP contribution < -0.4 is 0 Å². The number of rotatable bonds is 3. The number of hydrogen-bond donors (Lipinski definition) is 0. The van der Waals surface area contributed by atoms with Gasteiger partial charge >= 0.3 is 0 Å². The van der Waals surface area contributed by atoms with Crippen molar-refractivity contribution in [3.8, 4) is 0 Å². The molecule has 0 aromatic heterocycles. The predicted molar refractivity (Wildman–Crippen MR) is 53.1 cm³/mol. The van der Waals surface area contributed by atoms with Crippen LogP contribution in [0.4, 0.5) is 0 Å². The van der Waals surface area contributed by atoms with E-state index >= 15 is 0 Å². The Balaban J connectivity index is 2.45. The maximum absolute atomic E-state index is 3.60. The van der Waals surface area contributed by atoms with Crippen LogP contribution >= 0.6 is 0 Å². The molecule has 0 aromatic carbocycles. The van der Waals surface area contributed by atoms with Crippen LogP contribution in [0.3, 0.4) is 0 Å². The monoisotopic (exact) mass is 165 g/mol. The molecule has 0 aromatic rings. The molecule has 1 heterocycles. The third-order valence-corrected chi connectivity index (χ3v) is 2.85. The number of hydrogen-bond acceptors (Lipinski definition) is 1. The predicted octanol–water partition coefficient (Wildman–Crippen LogP) is 2.31. The smallest absolute Gasteiger partial charge is 0.00130 e. The zero-order valence-electron chi connectivity index (χ0n) is 8.21. The number of nitrogens with zero attached hydrogens (tertiary/aromatic N) is 1. The third-order valence-electron chi connectivity index (χ3n) is 2.85. The molecule has 1 saturated heterocycles. The van der Waals surface area contributed by atoms with Crippen molar-refractivity contribution in [2.45, 2.75) is 19.8 Å². The lowest BCUT2D eigenvalue weighted by molar-refractivity contribution is 0.392. The minimum absolute atomic E-state index is 0.842. The quantitative estimate of drug-likeness (QED) is 0.580. The van der Waals surface area contributed by atoms with Crippen molar-refractivity contribution in [3.05, 3.63) is 18.4 Å². The van der Waals surface area contributed by atoms with Crippen molar-refractivity contribution in [2.24, 2.45) is 11.8 Å². The Morgan fingerprint density at radius 1 is 1.50 bits per heavy atom. The highest BCUT2D eigenvalue weighted by molar-refractivity contribution is 4.88. The van der Waals surface area contributed by atoms with Gasteiger partial charge in [-0.3, -0.25) is 0 Å². The van der Waals surface area contributed by atoms with Crippen LogP contribution in [0.15, 0.2) is 18.4 Å². The van der Waals surface area contributed by atoms with Crippen molar-refractivity contribution < 1.29 is 0 Å². The molecule has 1 aliphatic heterocycles. The first-order valence-electron chi connectivity index (χ1n) is 4.80. The Morgan fingerprint density at radius 3 is 2.75 bits per heavy atom. The van der Waals surface area contributed by atoms with Crippen LogP contribution in [0.5, 0.6) is 0 Å². The molecule has 0 bridgehead atoms. The summed E-state index contributed by atoms with van der Waals surface area (Å²) in [6.45, 7) is 8.40. The van der Waals surface area contributed by atoms with Crippen LogP contribution in [0, 0.1) is 11.8 Å². The van der Waals surface area contributed by atoms with Gasteiger partial charge in [0.1, 0.15) is 0 Å². The van der Waals surface area contributed by atoms with Gasteiger partial charge in [-0.1, -0.05) is 19.9 Å². The maximum atomic E-state index is 3.60. The second-order valence-corrected chi connectivity index (χ2v) is 3.79. The standard InChI is InChI=1S/C11H19N/c1-4-6-7-11-9-12(3)8-10(11)5-2/h6,10-11H,1,5,7-9H2,2-3H3. The van der Waals surface area contributed by atoms with Gasteiger partial charge in [0.2, 0.25) is 0 Å². The largest absolute Gasteiger partial charge is 0.306 e. The average molecular weight is 165 g/mol. The second-order valence-electron chi connectivity index (χ2n) is 3.79. The number of likely N-dealkylation sites (tertiary alicyclic amines) is 1. The SMILES string of the molecule is C=C=CCC1CN(C)CC1CC. The van der Waals surface area contributed by atoms with Gasteiger partial charge in [0.15, 0.2) is 0 Å². The summed E-state index contributed by atoms with van der Waals surface area (Å²) < 4.78 is 0. The molecule has 1 nitrogen and oxygen atoms in total. The average Bonchev–Trinajstić information content (AvgIpc) is 2.42. The molecule has 1 fully saturated rings. The summed E-state index contributed by atoms with van der Waals surface area (Å²) >= 11 is 0. The molecule has 68 valence electrons. The van der Waals surface area contributed by atoms with E-state index in [1.54, 1.807) is 0 Å². The fourth-order valence-electron chi connectivity index (χ4n) is 2.14. The minimum atomic E-state index is 0.842. The molecule has 2 unspecified atom stereocenters. The molecule has 0 N–H and O–H groups in total. The van der Waals surface area contributed by atoms with E-state index in [1.807, 2.05) is 0 Å². The first-order valence-corrected chi connectivity index (χ1v) is 4.80. The van der Waals surface area contributed by atoms with Gasteiger partial charge in [-0.15, -0.1) is 5.73 Å². The van der Waals surface area contributed by atoms with E-state index in [4.69, 9.17) is 0 Å². The summed E-state index contributed by atoms with van der Waals surface area (Å²) in [6, 6.07) is 0. The van der Waals surface area contributed by atoms with Crippen molar-refractivity contribution in [2.75, 3.05) is 20.1 Å². The fraction of sp³-hybridized carbons (Fsp3) is 0.727. The van der Waals surface area contributed by atoms with Crippen LogP contribution in [0.1, 0.15) is 19.8 Å². The Morgan fingerprint density at radius 2 is 2.17 bits per heavy atom. The molecular weight excluding hydrogens is 146 g/mol. The topological polar surface area (TPSA) is 3.24 Å². The van der Waals surface area contributed by atoms with Gasteiger partial charge in [0, 0.05) is 13.1 Å². The highest BCUT2D eigenvalue weighted by Gasteiger charge is 2.27. The van der Waals surface area contributed by atoms with Gasteiger partial charge < -0.3 is 4.90 Å². The van der Waals surface area contributed by atoms with Gasteiger partial charge in [-0.05, 0) is 31.4 Å². The molecule has 0 spiro atoms. The molecule has 12 heavy (non-hydrogen) atoms. The molecule has 0 amide bonds. The maximum Gasteiger partial charge on any atom is 0.00130 e. The van der Waals surface area contributed by atoms with E-state index in [0.29, 0.717) is 0 Å². The summed E-state index contributed by atoms with van der Waals surface area (Å²) in [5.74, 6) is 1.73. The van der Waals surface area contributed by atoms with E-state index in [1.165, 1.54) is 19.5 Å². The van der Waals surface area contributed by atoms with Crippen LogP contribution in [-0.4, -0.2) is 25.0 Å². The zero-order valence-corrected chi connectivity index (χ0v) is 8.21. The summed E-state index contributed by atoms with van der Waals surface area (Å²) in [6.07, 6.45) is 4.54. The minimum Gasteiger partial charge on any atom is -0.306 e. The van der Waals surface area contributed by atoms with E-state index in [-0.39, 0.29) is 0 Å². The van der Waals surface area contributed by atoms with Gasteiger partial charge in [0.25, 0.3) is 0 Å². The van der Waals surface area contributed by atoms with Crippen molar-refractivity contribution >= 4 is 0 Å². The molecule has 0 aliphatic carbocycles. The highest BCUT2D eigenvalue weighted by Crippen LogP contribution is 2.27. The lowest BCUT2D eigenvalue weighted by Crippen LogP contribution is -2.13. The van der Waals surface area contributed by atoms with Gasteiger partial charge in [-0.2, -0.15) is 0 Å². The third kappa shape index (κ3) is 2.23. The summed E-state index contributed by atoms with van der Waals surface area (Å²) in [5, 5.41) is 0. The molecular formula is C11H19N. The normalized spacial score (nSPS) is 30.2. The van der Waals surface area contributed by atoms with Gasteiger partial charge in [0.05, 0.1) is 0 Å². The zero-order chi connectivity index (χ0) is 8.97. The van der Waals surface area contributed by atoms with E-state index in [2.05, 4.69) is 37.3 Å². The number of allylic oxidation sites excluding steroid dienone is 1. The molecule has 1 heteroatoms. The van der Waals surface area contributed by atoms with Gasteiger partial charge in [-0.25, -0.2) is 0 Å². The lowest BCUT2D eigenvalue weighted by atomic mass is 9.91. The summed E-state index contributed by atoms with van der Waals surface area (Å²) in [4.78, 5) is 2.43. The van der Waals surface area contributed by atoms with Crippen molar-refractivity contribution in [1.29, 1.82) is 0 Å². The first-order chi connectivity index (χ1) is 5.77. The summed E-state index contributed by atoms with van der Waals surface area (Å²) in [5.41, 5.74) is 2.86. The molecule has 1 rings (SSSR count). The molecule has 2 atom stereocenters. The second kappa shape index (κ2) is 4.49. The fourth-order valence-corrected chi connectivity index (χ4v) is 2.14. The van der Waals surface area contributed by atoms with E-state index in [0.717, 1.165) is 18.3 Å². The van der Waals surface area contributed by atoms with Crippen molar-refractivity contribution in [1.82, 2.24) is 4.90 Å². The highest BCUT2D eigenvalue weighted by atomic mass is 15.1. The molecule has 0 radical (unpaired) electrons. The lowest BCUT2D eigenvalue weighted by Gasteiger charge is -2.13. The van der Waals surface area contributed by atoms with E-state index in [9.17, 15) is 0 Å². The first kappa shape index (κ1) is 9.57. The molecule has 0 saturated carbocycles. The van der Waals surface area contributed by atoms with Crippen molar-refractivity contribution in [3.63, 3.8) is 0 Å².